The molecule has 3 heteroatoms. The fraction of sp³-hybridized carbons (Fsp3) is 0.0833. The zero-order valence-corrected chi connectivity index (χ0v) is 8.66. The van der Waals surface area contributed by atoms with Crippen LogP contribution in [0.1, 0.15) is 5.89 Å². The Morgan fingerprint density at radius 2 is 2.00 bits per heavy atom. The number of fused-ring (bicyclic) bond motifs is 3. The van der Waals surface area contributed by atoms with Gasteiger partial charge in [0.1, 0.15) is 5.52 Å². The Bertz CT molecular complexity index is 630. The Morgan fingerprint density at radius 3 is 2.87 bits per heavy atom. The molecular formula is C12H8ClNO. The van der Waals surface area contributed by atoms with Crippen molar-refractivity contribution in [1.29, 1.82) is 0 Å². The van der Waals surface area contributed by atoms with Gasteiger partial charge < -0.3 is 4.42 Å². The average Bonchev–Trinajstić information content (AvgIpc) is 2.72. The molecule has 3 rings (SSSR count). The number of nitrogens with zero attached hydrogens (tertiary/aromatic N) is 1. The summed E-state index contributed by atoms with van der Waals surface area (Å²) >= 11 is 5.69. The number of alkyl halides is 1. The minimum Gasteiger partial charge on any atom is -0.439 e. The molecular weight excluding hydrogens is 210 g/mol. The summed E-state index contributed by atoms with van der Waals surface area (Å²) in [7, 11) is 0. The van der Waals surface area contributed by atoms with E-state index >= 15 is 0 Å². The van der Waals surface area contributed by atoms with Gasteiger partial charge in [0.05, 0.1) is 5.88 Å². The second-order valence-electron chi connectivity index (χ2n) is 3.37. The van der Waals surface area contributed by atoms with Crippen molar-refractivity contribution >= 4 is 33.5 Å². The van der Waals surface area contributed by atoms with Gasteiger partial charge in [-0.25, -0.2) is 4.98 Å². The smallest absolute Gasteiger partial charge is 0.210 e. The predicted molar refractivity (Wildman–Crippen MR) is 61.1 cm³/mol. The number of hydrogen-bond acceptors (Lipinski definition) is 2. The van der Waals surface area contributed by atoms with E-state index in [0.717, 1.165) is 16.5 Å². The summed E-state index contributed by atoms with van der Waals surface area (Å²) in [6.07, 6.45) is 0. The summed E-state index contributed by atoms with van der Waals surface area (Å²) in [6, 6.07) is 12.1. The fourth-order valence-electron chi connectivity index (χ4n) is 1.76. The fourth-order valence-corrected chi connectivity index (χ4v) is 1.88. The highest BCUT2D eigenvalue weighted by Crippen LogP contribution is 2.25. The Labute approximate surface area is 91.5 Å². The maximum Gasteiger partial charge on any atom is 0.210 e. The van der Waals surface area contributed by atoms with Crippen molar-refractivity contribution in [3.8, 4) is 0 Å². The lowest BCUT2D eigenvalue weighted by Gasteiger charge is -1.95. The van der Waals surface area contributed by atoms with Crippen molar-refractivity contribution in [2.45, 2.75) is 5.88 Å². The molecule has 0 N–H and O–H groups in total. The van der Waals surface area contributed by atoms with E-state index in [4.69, 9.17) is 16.0 Å². The van der Waals surface area contributed by atoms with Crippen LogP contribution in [0.4, 0.5) is 0 Å². The summed E-state index contributed by atoms with van der Waals surface area (Å²) in [4.78, 5) is 4.36. The van der Waals surface area contributed by atoms with Crippen LogP contribution in [0.15, 0.2) is 40.8 Å². The lowest BCUT2D eigenvalue weighted by atomic mass is 10.1. The minimum absolute atomic E-state index is 0.309. The van der Waals surface area contributed by atoms with Crippen LogP contribution in [0.3, 0.4) is 0 Å². The van der Waals surface area contributed by atoms with Gasteiger partial charge in [-0.05, 0) is 11.5 Å². The number of hydrogen-bond donors (Lipinski definition) is 0. The molecule has 0 saturated carbocycles. The van der Waals surface area contributed by atoms with Crippen LogP contribution in [-0.4, -0.2) is 4.98 Å². The molecule has 0 fully saturated rings. The molecule has 0 atom stereocenters. The van der Waals surface area contributed by atoms with E-state index < -0.39 is 0 Å². The first-order chi connectivity index (χ1) is 7.38. The van der Waals surface area contributed by atoms with E-state index in [1.807, 2.05) is 30.3 Å². The molecule has 15 heavy (non-hydrogen) atoms. The maximum absolute atomic E-state index is 5.69. The van der Waals surface area contributed by atoms with Crippen LogP contribution in [-0.2, 0) is 5.88 Å². The SMILES string of the molecule is ClCc1nc2c(ccc3ccccc32)o1. The van der Waals surface area contributed by atoms with Crippen molar-refractivity contribution in [2.75, 3.05) is 0 Å². The summed E-state index contributed by atoms with van der Waals surface area (Å²) < 4.78 is 5.48. The molecule has 1 heterocycles. The second kappa shape index (κ2) is 3.24. The predicted octanol–water partition coefficient (Wildman–Crippen LogP) is 3.72. The molecule has 1 aromatic heterocycles. The zero-order chi connectivity index (χ0) is 10.3. The third kappa shape index (κ3) is 1.29. The first-order valence-corrected chi connectivity index (χ1v) is 5.25. The number of rotatable bonds is 1. The first-order valence-electron chi connectivity index (χ1n) is 4.71. The largest absolute Gasteiger partial charge is 0.439 e. The highest BCUT2D eigenvalue weighted by Gasteiger charge is 2.07. The third-order valence-electron chi connectivity index (χ3n) is 2.44. The van der Waals surface area contributed by atoms with E-state index in [1.165, 1.54) is 5.39 Å². The summed E-state index contributed by atoms with van der Waals surface area (Å²) in [5.74, 6) is 0.881. The lowest BCUT2D eigenvalue weighted by molar-refractivity contribution is 0.555. The van der Waals surface area contributed by atoms with Crippen LogP contribution in [0.5, 0.6) is 0 Å². The molecule has 0 unspecified atom stereocenters. The van der Waals surface area contributed by atoms with Crippen LogP contribution < -0.4 is 0 Å². The standard InChI is InChI=1S/C12H8ClNO/c13-7-11-14-12-9-4-2-1-3-8(9)5-6-10(12)15-11/h1-6H,7H2. The third-order valence-corrected chi connectivity index (χ3v) is 2.67. The van der Waals surface area contributed by atoms with E-state index in [9.17, 15) is 0 Å². The van der Waals surface area contributed by atoms with Crippen LogP contribution >= 0.6 is 11.6 Å². The highest BCUT2D eigenvalue weighted by molar-refractivity contribution is 6.16. The van der Waals surface area contributed by atoms with Crippen molar-refractivity contribution in [3.05, 3.63) is 42.3 Å². The molecule has 0 radical (unpaired) electrons. The van der Waals surface area contributed by atoms with Gasteiger partial charge in [-0.3, -0.25) is 0 Å². The van der Waals surface area contributed by atoms with Crippen LogP contribution in [0.2, 0.25) is 0 Å². The van der Waals surface area contributed by atoms with E-state index in [1.54, 1.807) is 0 Å². The van der Waals surface area contributed by atoms with Gasteiger partial charge in [-0.15, -0.1) is 11.6 Å². The average molecular weight is 218 g/mol. The Balaban J connectivity index is 2.47. The minimum atomic E-state index is 0.309. The molecule has 0 spiro atoms. The Morgan fingerprint density at radius 1 is 1.13 bits per heavy atom. The molecule has 0 aliphatic heterocycles. The Kier molecular flexibility index (Phi) is 1.89. The lowest BCUT2D eigenvalue weighted by Crippen LogP contribution is -1.76. The summed E-state index contributed by atoms with van der Waals surface area (Å²) in [5.41, 5.74) is 1.69. The molecule has 2 nitrogen and oxygen atoms in total. The quantitative estimate of drug-likeness (QED) is 0.581. The van der Waals surface area contributed by atoms with Gasteiger partial charge in [-0.1, -0.05) is 30.3 Å². The molecule has 74 valence electrons. The van der Waals surface area contributed by atoms with Gasteiger partial charge in [0, 0.05) is 5.39 Å². The molecule has 0 amide bonds. The van der Waals surface area contributed by atoms with E-state index in [-0.39, 0.29) is 0 Å². The van der Waals surface area contributed by atoms with Crippen LogP contribution in [0, 0.1) is 0 Å². The van der Waals surface area contributed by atoms with Gasteiger partial charge in [0.25, 0.3) is 0 Å². The first kappa shape index (κ1) is 8.74. The highest BCUT2D eigenvalue weighted by atomic mass is 35.5. The summed E-state index contributed by atoms with van der Waals surface area (Å²) in [5, 5.41) is 2.27. The second-order valence-corrected chi connectivity index (χ2v) is 3.64. The molecule has 2 aromatic carbocycles. The number of halogens is 1. The van der Waals surface area contributed by atoms with Crippen LogP contribution in [0.25, 0.3) is 21.9 Å². The number of benzene rings is 2. The van der Waals surface area contributed by atoms with Gasteiger partial charge in [-0.2, -0.15) is 0 Å². The number of aromatic nitrogens is 1. The maximum atomic E-state index is 5.69. The van der Waals surface area contributed by atoms with Gasteiger partial charge in [0.15, 0.2) is 5.58 Å². The summed E-state index contributed by atoms with van der Waals surface area (Å²) in [6.45, 7) is 0. The van der Waals surface area contributed by atoms with Crippen molar-refractivity contribution in [2.24, 2.45) is 0 Å². The molecule has 0 aliphatic carbocycles. The normalized spacial score (nSPS) is 11.3. The molecule has 0 bridgehead atoms. The van der Waals surface area contributed by atoms with Gasteiger partial charge >= 0.3 is 0 Å². The van der Waals surface area contributed by atoms with E-state index in [0.29, 0.717) is 11.8 Å². The topological polar surface area (TPSA) is 26.0 Å². The van der Waals surface area contributed by atoms with E-state index in [2.05, 4.69) is 11.1 Å². The Hall–Kier alpha value is -1.54. The van der Waals surface area contributed by atoms with Crippen molar-refractivity contribution < 1.29 is 4.42 Å². The van der Waals surface area contributed by atoms with Crippen molar-refractivity contribution in [1.82, 2.24) is 4.98 Å². The molecule has 0 aliphatic rings. The van der Waals surface area contributed by atoms with Crippen molar-refractivity contribution in [3.63, 3.8) is 0 Å². The molecule has 3 aromatic rings. The monoisotopic (exact) mass is 217 g/mol. The number of oxazole rings is 1. The van der Waals surface area contributed by atoms with Gasteiger partial charge in [0.2, 0.25) is 5.89 Å². The zero-order valence-electron chi connectivity index (χ0n) is 7.90. The molecule has 0 saturated heterocycles.